The first-order chi connectivity index (χ1) is 13.0. The highest BCUT2D eigenvalue weighted by molar-refractivity contribution is 7.97. The molecule has 0 saturated heterocycles. The summed E-state index contributed by atoms with van der Waals surface area (Å²) in [6.45, 7) is 5.23. The Balaban J connectivity index is 1.90. The summed E-state index contributed by atoms with van der Waals surface area (Å²) in [5.41, 5.74) is 1.39. The minimum atomic E-state index is -0.387. The number of nitrogens with one attached hydrogen (secondary N) is 1. The monoisotopic (exact) mass is 406 g/mol. The third kappa shape index (κ3) is 4.30. The SMILES string of the molecule is CCCCn1c(=O)[nH]c(=O)c2c1nc(CSCc1ccc(Cl)cc1)n2CC. The Labute approximate surface area is 166 Å². The van der Waals surface area contributed by atoms with E-state index >= 15 is 0 Å². The Bertz CT molecular complexity index is 1040. The number of fused-ring (bicyclic) bond motifs is 1. The first kappa shape index (κ1) is 19.8. The largest absolute Gasteiger partial charge is 0.330 e. The van der Waals surface area contributed by atoms with Crippen molar-refractivity contribution >= 4 is 34.5 Å². The van der Waals surface area contributed by atoms with Crippen LogP contribution in [0.3, 0.4) is 0 Å². The molecule has 3 rings (SSSR count). The van der Waals surface area contributed by atoms with Crippen LogP contribution in [0.1, 0.15) is 38.1 Å². The van der Waals surface area contributed by atoms with Gasteiger partial charge < -0.3 is 4.57 Å². The number of benzene rings is 1. The van der Waals surface area contributed by atoms with Crippen LogP contribution in [0.5, 0.6) is 0 Å². The third-order valence-electron chi connectivity index (χ3n) is 4.43. The van der Waals surface area contributed by atoms with Gasteiger partial charge in [-0.15, -0.1) is 11.8 Å². The zero-order valence-electron chi connectivity index (χ0n) is 15.5. The van der Waals surface area contributed by atoms with Crippen LogP contribution < -0.4 is 11.2 Å². The number of H-pyrrole nitrogens is 1. The summed E-state index contributed by atoms with van der Waals surface area (Å²) in [6, 6.07) is 7.77. The van der Waals surface area contributed by atoms with Crippen LogP contribution in [0.2, 0.25) is 5.02 Å². The molecule has 0 atom stereocenters. The molecular formula is C19H23ClN4O2S. The molecule has 144 valence electrons. The van der Waals surface area contributed by atoms with Gasteiger partial charge in [-0.25, -0.2) is 9.78 Å². The van der Waals surface area contributed by atoms with Crippen LogP contribution in [-0.2, 0) is 24.6 Å². The van der Waals surface area contributed by atoms with Crippen LogP contribution >= 0.6 is 23.4 Å². The molecule has 1 aromatic carbocycles. The normalized spacial score (nSPS) is 11.4. The van der Waals surface area contributed by atoms with Crippen molar-refractivity contribution in [1.82, 2.24) is 19.1 Å². The molecule has 8 heteroatoms. The van der Waals surface area contributed by atoms with E-state index in [4.69, 9.17) is 11.6 Å². The number of thioether (sulfide) groups is 1. The zero-order chi connectivity index (χ0) is 19.4. The van der Waals surface area contributed by atoms with Gasteiger partial charge in [0.15, 0.2) is 11.2 Å². The summed E-state index contributed by atoms with van der Waals surface area (Å²) < 4.78 is 3.49. The first-order valence-corrected chi connectivity index (χ1v) is 10.6. The second-order valence-corrected chi connectivity index (χ2v) is 7.75. The molecule has 6 nitrogen and oxygen atoms in total. The van der Waals surface area contributed by atoms with Crippen molar-refractivity contribution in [3.05, 3.63) is 61.5 Å². The topological polar surface area (TPSA) is 72.7 Å². The maximum absolute atomic E-state index is 12.4. The second kappa shape index (κ2) is 8.80. The number of hydrogen-bond donors (Lipinski definition) is 1. The molecule has 2 aromatic heterocycles. The molecule has 0 radical (unpaired) electrons. The van der Waals surface area contributed by atoms with E-state index in [0.717, 1.165) is 29.4 Å². The van der Waals surface area contributed by atoms with Crippen molar-refractivity contribution in [2.45, 2.75) is 51.3 Å². The standard InChI is InChI=1S/C19H23ClN4O2S/c1-3-5-10-24-17-16(18(25)22-19(24)26)23(4-2)15(21-17)12-27-11-13-6-8-14(20)9-7-13/h6-9H,3-5,10-12H2,1-2H3,(H,22,25,26). The fourth-order valence-electron chi connectivity index (χ4n) is 3.03. The highest BCUT2D eigenvalue weighted by Gasteiger charge is 2.17. The third-order valence-corrected chi connectivity index (χ3v) is 5.68. The number of hydrogen-bond acceptors (Lipinski definition) is 4. The van der Waals surface area contributed by atoms with Gasteiger partial charge in [0.1, 0.15) is 5.82 Å². The molecule has 0 saturated carbocycles. The van der Waals surface area contributed by atoms with E-state index in [1.165, 1.54) is 5.56 Å². The maximum Gasteiger partial charge on any atom is 0.330 e. The van der Waals surface area contributed by atoms with Gasteiger partial charge in [-0.1, -0.05) is 37.1 Å². The van der Waals surface area contributed by atoms with Crippen molar-refractivity contribution in [2.24, 2.45) is 0 Å². The Hall–Kier alpha value is -1.99. The van der Waals surface area contributed by atoms with Crippen LogP contribution in [0, 0.1) is 0 Å². The van der Waals surface area contributed by atoms with Crippen molar-refractivity contribution in [1.29, 1.82) is 0 Å². The Morgan fingerprint density at radius 2 is 1.85 bits per heavy atom. The lowest BCUT2D eigenvalue weighted by Gasteiger charge is -2.06. The molecule has 0 unspecified atom stereocenters. The molecule has 0 aliphatic heterocycles. The molecule has 0 amide bonds. The first-order valence-electron chi connectivity index (χ1n) is 9.09. The molecule has 27 heavy (non-hydrogen) atoms. The lowest BCUT2D eigenvalue weighted by molar-refractivity contribution is 0.613. The van der Waals surface area contributed by atoms with E-state index < -0.39 is 0 Å². The van der Waals surface area contributed by atoms with Crippen molar-refractivity contribution in [3.8, 4) is 0 Å². The van der Waals surface area contributed by atoms with Crippen LogP contribution in [-0.4, -0.2) is 19.1 Å². The molecule has 3 aromatic rings. The van der Waals surface area contributed by atoms with Crippen molar-refractivity contribution in [2.75, 3.05) is 0 Å². The van der Waals surface area contributed by atoms with Gasteiger partial charge in [0.2, 0.25) is 0 Å². The van der Waals surface area contributed by atoms with E-state index in [2.05, 4.69) is 16.9 Å². The van der Waals surface area contributed by atoms with Gasteiger partial charge in [0.25, 0.3) is 5.56 Å². The van der Waals surface area contributed by atoms with Gasteiger partial charge in [0, 0.05) is 23.9 Å². The van der Waals surface area contributed by atoms with E-state index in [9.17, 15) is 9.59 Å². The average molecular weight is 407 g/mol. The molecule has 0 aliphatic carbocycles. The molecule has 0 bridgehead atoms. The van der Waals surface area contributed by atoms with E-state index in [-0.39, 0.29) is 11.2 Å². The highest BCUT2D eigenvalue weighted by atomic mass is 35.5. The number of aromatic nitrogens is 4. The number of aryl methyl sites for hydroxylation is 2. The fourth-order valence-corrected chi connectivity index (χ4v) is 4.09. The molecule has 2 heterocycles. The van der Waals surface area contributed by atoms with Gasteiger partial charge in [0.05, 0.1) is 5.75 Å². The van der Waals surface area contributed by atoms with Gasteiger partial charge in [-0.05, 0) is 31.0 Å². The summed E-state index contributed by atoms with van der Waals surface area (Å²) in [6.07, 6.45) is 1.83. The molecular weight excluding hydrogens is 384 g/mol. The minimum absolute atomic E-state index is 0.369. The van der Waals surface area contributed by atoms with E-state index in [1.807, 2.05) is 35.8 Å². The van der Waals surface area contributed by atoms with Gasteiger partial charge in [-0.3, -0.25) is 14.3 Å². The second-order valence-electron chi connectivity index (χ2n) is 6.33. The Morgan fingerprint density at radius 3 is 2.52 bits per heavy atom. The van der Waals surface area contributed by atoms with Crippen LogP contribution in [0.25, 0.3) is 11.2 Å². The quantitative estimate of drug-likeness (QED) is 0.617. The molecule has 0 aliphatic rings. The summed E-state index contributed by atoms with van der Waals surface area (Å²) in [5.74, 6) is 2.29. The number of aromatic amines is 1. The number of nitrogens with zero attached hydrogens (tertiary/aromatic N) is 3. The van der Waals surface area contributed by atoms with Crippen molar-refractivity contribution in [3.63, 3.8) is 0 Å². The molecule has 1 N–H and O–H groups in total. The van der Waals surface area contributed by atoms with Gasteiger partial charge >= 0.3 is 5.69 Å². The number of halogens is 1. The minimum Gasteiger partial charge on any atom is -0.322 e. The predicted molar refractivity (Wildman–Crippen MR) is 112 cm³/mol. The summed E-state index contributed by atoms with van der Waals surface area (Å²) in [5, 5.41) is 0.723. The molecule has 0 spiro atoms. The number of imidazole rings is 1. The highest BCUT2D eigenvalue weighted by Crippen LogP contribution is 2.21. The number of unbranched alkanes of at least 4 members (excludes halogenated alkanes) is 1. The summed E-state index contributed by atoms with van der Waals surface area (Å²) in [4.78, 5) is 31.7. The fraction of sp³-hybridized carbons (Fsp3) is 0.421. The Kier molecular flexibility index (Phi) is 6.44. The summed E-state index contributed by atoms with van der Waals surface area (Å²) >= 11 is 7.64. The average Bonchev–Trinajstić information content (AvgIpc) is 3.02. The predicted octanol–water partition coefficient (Wildman–Crippen LogP) is 3.79. The smallest absolute Gasteiger partial charge is 0.322 e. The van der Waals surface area contributed by atoms with E-state index in [0.29, 0.717) is 30.0 Å². The lowest BCUT2D eigenvalue weighted by atomic mass is 10.2. The Morgan fingerprint density at radius 1 is 1.11 bits per heavy atom. The summed E-state index contributed by atoms with van der Waals surface area (Å²) in [7, 11) is 0. The van der Waals surface area contributed by atoms with E-state index in [1.54, 1.807) is 16.3 Å². The van der Waals surface area contributed by atoms with Crippen LogP contribution in [0.4, 0.5) is 0 Å². The molecule has 0 fully saturated rings. The lowest BCUT2D eigenvalue weighted by Crippen LogP contribution is -2.31. The van der Waals surface area contributed by atoms with Crippen molar-refractivity contribution < 1.29 is 0 Å². The maximum atomic E-state index is 12.4. The van der Waals surface area contributed by atoms with Gasteiger partial charge in [-0.2, -0.15) is 0 Å². The zero-order valence-corrected chi connectivity index (χ0v) is 17.1. The number of rotatable bonds is 8. The van der Waals surface area contributed by atoms with Crippen LogP contribution in [0.15, 0.2) is 33.9 Å².